The van der Waals surface area contributed by atoms with Gasteiger partial charge in [0, 0.05) is 25.6 Å². The Hall–Kier alpha value is -1.29. The molecule has 0 aromatic carbocycles. The van der Waals surface area contributed by atoms with Gasteiger partial charge in [-0.1, -0.05) is 13.3 Å². The van der Waals surface area contributed by atoms with Crippen molar-refractivity contribution in [1.29, 1.82) is 0 Å². The lowest BCUT2D eigenvalue weighted by Crippen LogP contribution is -2.29. The van der Waals surface area contributed by atoms with Crippen molar-refractivity contribution in [3.63, 3.8) is 0 Å². The fourth-order valence-corrected chi connectivity index (χ4v) is 1.54. The summed E-state index contributed by atoms with van der Waals surface area (Å²) in [7, 11) is 1.80. The number of nitrogens with zero attached hydrogens (tertiary/aromatic N) is 1. The molecule has 1 aromatic heterocycles. The molecule has 4 nitrogen and oxygen atoms in total. The minimum Gasteiger partial charge on any atom is -0.472 e. The van der Waals surface area contributed by atoms with E-state index >= 15 is 0 Å². The summed E-state index contributed by atoms with van der Waals surface area (Å²) in [5.41, 5.74) is 6.59. The maximum absolute atomic E-state index is 11.8. The van der Waals surface area contributed by atoms with E-state index in [4.69, 9.17) is 10.2 Å². The maximum atomic E-state index is 11.8. The Morgan fingerprint density at radius 3 is 2.88 bits per heavy atom. The van der Waals surface area contributed by atoms with E-state index in [1.807, 2.05) is 6.07 Å². The van der Waals surface area contributed by atoms with Gasteiger partial charge in [0.15, 0.2) is 0 Å². The van der Waals surface area contributed by atoms with Crippen LogP contribution in [-0.2, 0) is 11.3 Å². The zero-order chi connectivity index (χ0) is 12.0. The van der Waals surface area contributed by atoms with Crippen molar-refractivity contribution >= 4 is 5.91 Å². The van der Waals surface area contributed by atoms with Gasteiger partial charge in [-0.2, -0.15) is 0 Å². The summed E-state index contributed by atoms with van der Waals surface area (Å²) >= 11 is 0. The molecule has 1 heterocycles. The number of nitrogens with two attached hydrogens (primary N) is 1. The smallest absolute Gasteiger partial charge is 0.222 e. The summed E-state index contributed by atoms with van der Waals surface area (Å²) in [4.78, 5) is 13.5. The Balaban J connectivity index is 2.41. The molecule has 1 atom stereocenters. The number of carbonyl (C=O) groups excluding carboxylic acids is 1. The first-order chi connectivity index (χ1) is 7.67. The molecule has 1 rings (SSSR count). The summed E-state index contributed by atoms with van der Waals surface area (Å²) in [6.07, 6.45) is 4.75. The number of rotatable bonds is 6. The van der Waals surface area contributed by atoms with Gasteiger partial charge in [0.2, 0.25) is 5.91 Å². The fourth-order valence-electron chi connectivity index (χ4n) is 1.54. The van der Waals surface area contributed by atoms with E-state index in [2.05, 4.69) is 6.92 Å². The largest absolute Gasteiger partial charge is 0.472 e. The average Bonchev–Trinajstić information content (AvgIpc) is 2.78. The van der Waals surface area contributed by atoms with Crippen molar-refractivity contribution in [3.8, 4) is 0 Å². The minimum atomic E-state index is 0.138. The molecule has 0 aliphatic rings. The van der Waals surface area contributed by atoms with E-state index in [-0.39, 0.29) is 5.91 Å². The summed E-state index contributed by atoms with van der Waals surface area (Å²) in [5.74, 6) is 0.429. The topological polar surface area (TPSA) is 59.5 Å². The highest BCUT2D eigenvalue weighted by molar-refractivity contribution is 5.76. The van der Waals surface area contributed by atoms with Crippen LogP contribution in [0, 0.1) is 5.92 Å². The van der Waals surface area contributed by atoms with E-state index in [1.54, 1.807) is 24.5 Å². The Bertz CT molecular complexity index is 305. The van der Waals surface area contributed by atoms with Crippen LogP contribution in [0.15, 0.2) is 23.0 Å². The van der Waals surface area contributed by atoms with Gasteiger partial charge in [-0.15, -0.1) is 0 Å². The molecule has 1 aromatic rings. The Morgan fingerprint density at radius 1 is 1.62 bits per heavy atom. The SMILES string of the molecule is CCC(CN)CC(=O)N(C)Cc1ccoc1. The summed E-state index contributed by atoms with van der Waals surface area (Å²) < 4.78 is 4.96. The molecule has 2 N–H and O–H groups in total. The van der Waals surface area contributed by atoms with E-state index in [9.17, 15) is 4.79 Å². The van der Waals surface area contributed by atoms with Crippen molar-refractivity contribution < 1.29 is 9.21 Å². The fraction of sp³-hybridized carbons (Fsp3) is 0.583. The molecule has 16 heavy (non-hydrogen) atoms. The van der Waals surface area contributed by atoms with Gasteiger partial charge in [-0.3, -0.25) is 4.79 Å². The molecule has 0 radical (unpaired) electrons. The average molecular weight is 224 g/mol. The zero-order valence-corrected chi connectivity index (χ0v) is 9.98. The first-order valence-electron chi connectivity index (χ1n) is 5.62. The standard InChI is InChI=1S/C12H20N2O2/c1-3-10(7-13)6-12(15)14(2)8-11-4-5-16-9-11/h4-5,9-10H,3,6-8,13H2,1-2H3. The lowest BCUT2D eigenvalue weighted by molar-refractivity contribution is -0.131. The molecule has 0 aliphatic carbocycles. The number of hydrogen-bond acceptors (Lipinski definition) is 3. The van der Waals surface area contributed by atoms with Crippen molar-refractivity contribution in [2.45, 2.75) is 26.3 Å². The van der Waals surface area contributed by atoms with Crippen LogP contribution in [0.5, 0.6) is 0 Å². The van der Waals surface area contributed by atoms with E-state index in [0.29, 0.717) is 25.4 Å². The van der Waals surface area contributed by atoms with Crippen molar-refractivity contribution in [2.24, 2.45) is 11.7 Å². The normalized spacial score (nSPS) is 12.4. The predicted octanol–water partition coefficient (Wildman–Crippen LogP) is 1.61. The van der Waals surface area contributed by atoms with Crippen molar-refractivity contribution in [1.82, 2.24) is 4.90 Å². The minimum absolute atomic E-state index is 0.138. The third-order valence-corrected chi connectivity index (χ3v) is 2.80. The monoisotopic (exact) mass is 224 g/mol. The molecule has 1 amide bonds. The second kappa shape index (κ2) is 6.33. The molecule has 0 aliphatic heterocycles. The molecule has 0 bridgehead atoms. The third kappa shape index (κ3) is 3.70. The summed E-state index contributed by atoms with van der Waals surface area (Å²) in [6.45, 7) is 3.22. The van der Waals surface area contributed by atoms with Gasteiger partial charge >= 0.3 is 0 Å². The van der Waals surface area contributed by atoms with E-state index < -0.39 is 0 Å². The van der Waals surface area contributed by atoms with Crippen molar-refractivity contribution in [3.05, 3.63) is 24.2 Å². The van der Waals surface area contributed by atoms with Gasteiger partial charge in [0.1, 0.15) is 0 Å². The molecular weight excluding hydrogens is 204 g/mol. The predicted molar refractivity (Wildman–Crippen MR) is 62.6 cm³/mol. The van der Waals surface area contributed by atoms with Gasteiger partial charge in [-0.25, -0.2) is 0 Å². The van der Waals surface area contributed by atoms with Crippen LogP contribution in [0.3, 0.4) is 0 Å². The molecule has 4 heteroatoms. The molecule has 1 unspecified atom stereocenters. The van der Waals surface area contributed by atoms with Gasteiger partial charge in [0.25, 0.3) is 0 Å². The van der Waals surface area contributed by atoms with Crippen LogP contribution in [-0.4, -0.2) is 24.4 Å². The highest BCUT2D eigenvalue weighted by Gasteiger charge is 2.14. The van der Waals surface area contributed by atoms with Crippen LogP contribution in [0.4, 0.5) is 0 Å². The van der Waals surface area contributed by atoms with E-state index in [1.165, 1.54) is 0 Å². The maximum Gasteiger partial charge on any atom is 0.222 e. The lowest BCUT2D eigenvalue weighted by atomic mass is 10.0. The van der Waals surface area contributed by atoms with Crippen LogP contribution >= 0.6 is 0 Å². The lowest BCUT2D eigenvalue weighted by Gasteiger charge is -2.19. The number of hydrogen-bond donors (Lipinski definition) is 1. The Labute approximate surface area is 96.4 Å². The third-order valence-electron chi connectivity index (χ3n) is 2.80. The highest BCUT2D eigenvalue weighted by Crippen LogP contribution is 2.10. The van der Waals surface area contributed by atoms with E-state index in [0.717, 1.165) is 12.0 Å². The number of carbonyl (C=O) groups is 1. The Morgan fingerprint density at radius 2 is 2.38 bits per heavy atom. The van der Waals surface area contributed by atoms with Crippen LogP contribution in [0.2, 0.25) is 0 Å². The molecule has 0 saturated heterocycles. The number of furan rings is 1. The summed E-state index contributed by atoms with van der Waals surface area (Å²) in [6, 6.07) is 1.87. The first kappa shape index (κ1) is 12.8. The molecule has 0 fully saturated rings. The van der Waals surface area contributed by atoms with Gasteiger partial charge < -0.3 is 15.1 Å². The number of amides is 1. The second-order valence-electron chi connectivity index (χ2n) is 4.10. The summed E-state index contributed by atoms with van der Waals surface area (Å²) in [5, 5.41) is 0. The van der Waals surface area contributed by atoms with Crippen LogP contribution < -0.4 is 5.73 Å². The molecule has 90 valence electrons. The molecule has 0 spiro atoms. The zero-order valence-electron chi connectivity index (χ0n) is 9.98. The first-order valence-corrected chi connectivity index (χ1v) is 5.62. The van der Waals surface area contributed by atoms with Gasteiger partial charge in [0.05, 0.1) is 12.5 Å². The van der Waals surface area contributed by atoms with Crippen molar-refractivity contribution in [2.75, 3.05) is 13.6 Å². The van der Waals surface area contributed by atoms with Gasteiger partial charge in [-0.05, 0) is 18.5 Å². The highest BCUT2D eigenvalue weighted by atomic mass is 16.3. The Kier molecular flexibility index (Phi) is 5.05. The molecule has 0 saturated carbocycles. The second-order valence-corrected chi connectivity index (χ2v) is 4.10. The quantitative estimate of drug-likeness (QED) is 0.798. The van der Waals surface area contributed by atoms with Crippen LogP contribution in [0.1, 0.15) is 25.3 Å². The molecular formula is C12H20N2O2. The van der Waals surface area contributed by atoms with Crippen LogP contribution in [0.25, 0.3) is 0 Å².